The van der Waals surface area contributed by atoms with Crippen molar-refractivity contribution in [2.75, 3.05) is 12.4 Å². The molecule has 0 heterocycles. The first-order chi connectivity index (χ1) is 6.84. The summed E-state index contributed by atoms with van der Waals surface area (Å²) in [7, 11) is 0. The number of rotatable bonds is 6. The van der Waals surface area contributed by atoms with Crippen molar-refractivity contribution in [2.45, 2.75) is 19.3 Å². The summed E-state index contributed by atoms with van der Waals surface area (Å²) in [4.78, 5) is 0. The maximum atomic E-state index is 5.61. The lowest BCUT2D eigenvalue weighted by Gasteiger charge is -2.07. The number of hydrogen-bond donors (Lipinski definition) is 1. The van der Waals surface area contributed by atoms with Crippen LogP contribution in [0.5, 0.6) is 5.75 Å². The van der Waals surface area contributed by atoms with E-state index in [2.05, 4.69) is 28.6 Å². The predicted molar refractivity (Wildman–Crippen MR) is 67.3 cm³/mol. The Bertz CT molecular complexity index is 265. The third-order valence-electron chi connectivity index (χ3n) is 1.90. The molecule has 0 aliphatic rings. The molecule has 1 aromatic carbocycles. The summed E-state index contributed by atoms with van der Waals surface area (Å²) in [5, 5.41) is 0. The Hall–Kier alpha value is -0.150. The molecule has 0 saturated heterocycles. The highest BCUT2D eigenvalue weighted by Gasteiger charge is 1.97. The number of thiol groups is 1. The van der Waals surface area contributed by atoms with E-state index < -0.39 is 0 Å². The van der Waals surface area contributed by atoms with Gasteiger partial charge in [0, 0.05) is 0 Å². The smallest absolute Gasteiger partial charge is 0.133 e. The third kappa shape index (κ3) is 4.38. The van der Waals surface area contributed by atoms with Crippen molar-refractivity contribution in [3.05, 3.63) is 28.7 Å². The van der Waals surface area contributed by atoms with E-state index in [1.165, 1.54) is 12.8 Å². The first-order valence-corrected chi connectivity index (χ1v) is 6.25. The van der Waals surface area contributed by atoms with Crippen LogP contribution in [0.15, 0.2) is 28.7 Å². The molecule has 0 aromatic heterocycles. The Labute approximate surface area is 99.4 Å². The molecule has 3 heteroatoms. The average molecular weight is 275 g/mol. The molecule has 78 valence electrons. The van der Waals surface area contributed by atoms with Crippen molar-refractivity contribution in [2.24, 2.45) is 0 Å². The number of halogens is 1. The minimum absolute atomic E-state index is 0.788. The van der Waals surface area contributed by atoms with E-state index in [1.807, 2.05) is 24.3 Å². The van der Waals surface area contributed by atoms with E-state index >= 15 is 0 Å². The second kappa shape index (κ2) is 7.18. The van der Waals surface area contributed by atoms with E-state index in [9.17, 15) is 0 Å². The first-order valence-electron chi connectivity index (χ1n) is 4.83. The second-order valence-corrected chi connectivity index (χ2v) is 4.36. The molecular weight excluding hydrogens is 260 g/mol. The molecular formula is C11H15BrOS. The van der Waals surface area contributed by atoms with Crippen molar-refractivity contribution < 1.29 is 4.74 Å². The van der Waals surface area contributed by atoms with Crippen molar-refractivity contribution in [3.63, 3.8) is 0 Å². The van der Waals surface area contributed by atoms with Gasteiger partial charge in [0.25, 0.3) is 0 Å². The summed E-state index contributed by atoms with van der Waals surface area (Å²) < 4.78 is 6.63. The molecule has 0 fully saturated rings. The van der Waals surface area contributed by atoms with Gasteiger partial charge in [-0.15, -0.1) is 0 Å². The van der Waals surface area contributed by atoms with Gasteiger partial charge in [0.15, 0.2) is 0 Å². The van der Waals surface area contributed by atoms with Crippen LogP contribution in [0.4, 0.5) is 0 Å². The van der Waals surface area contributed by atoms with Crippen LogP contribution in [0, 0.1) is 0 Å². The highest BCUT2D eigenvalue weighted by Crippen LogP contribution is 2.23. The molecule has 14 heavy (non-hydrogen) atoms. The highest BCUT2D eigenvalue weighted by atomic mass is 79.9. The normalized spacial score (nSPS) is 10.1. The van der Waals surface area contributed by atoms with E-state index in [-0.39, 0.29) is 0 Å². The van der Waals surface area contributed by atoms with Crippen LogP contribution in [0.2, 0.25) is 0 Å². The summed E-state index contributed by atoms with van der Waals surface area (Å²) in [6.45, 7) is 0.788. The quantitative estimate of drug-likeness (QED) is 0.611. The van der Waals surface area contributed by atoms with Gasteiger partial charge in [-0.05, 0) is 53.1 Å². The summed E-state index contributed by atoms with van der Waals surface area (Å²) in [6, 6.07) is 7.93. The fraction of sp³-hybridized carbons (Fsp3) is 0.455. The predicted octanol–water partition coefficient (Wildman–Crippen LogP) is 3.93. The molecule has 1 rings (SSSR count). The van der Waals surface area contributed by atoms with E-state index in [0.29, 0.717) is 0 Å². The zero-order chi connectivity index (χ0) is 10.2. The number of ether oxygens (including phenoxy) is 1. The van der Waals surface area contributed by atoms with Gasteiger partial charge in [0.05, 0.1) is 11.1 Å². The van der Waals surface area contributed by atoms with Crippen LogP contribution in [0.1, 0.15) is 19.3 Å². The van der Waals surface area contributed by atoms with Gasteiger partial charge in [-0.2, -0.15) is 12.6 Å². The molecule has 1 aromatic rings. The fourth-order valence-corrected chi connectivity index (χ4v) is 1.76. The second-order valence-electron chi connectivity index (χ2n) is 3.06. The molecule has 0 aliphatic heterocycles. The number of para-hydroxylation sites is 1. The van der Waals surface area contributed by atoms with Crippen LogP contribution in [-0.4, -0.2) is 12.4 Å². The molecule has 0 radical (unpaired) electrons. The molecule has 0 aliphatic carbocycles. The number of benzene rings is 1. The molecule has 0 bridgehead atoms. The van der Waals surface area contributed by atoms with Crippen LogP contribution in [-0.2, 0) is 0 Å². The Morgan fingerprint density at radius 3 is 2.64 bits per heavy atom. The molecule has 0 saturated carbocycles. The molecule has 0 N–H and O–H groups in total. The average Bonchev–Trinajstić information content (AvgIpc) is 2.20. The summed E-state index contributed by atoms with van der Waals surface area (Å²) >= 11 is 7.60. The lowest BCUT2D eigenvalue weighted by atomic mass is 10.3. The van der Waals surface area contributed by atoms with Gasteiger partial charge in [-0.25, -0.2) is 0 Å². The first kappa shape index (κ1) is 11.9. The largest absolute Gasteiger partial charge is 0.492 e. The van der Waals surface area contributed by atoms with Crippen LogP contribution < -0.4 is 4.74 Å². The van der Waals surface area contributed by atoms with Gasteiger partial charge in [-0.1, -0.05) is 12.1 Å². The van der Waals surface area contributed by atoms with Crippen LogP contribution in [0.3, 0.4) is 0 Å². The summed E-state index contributed by atoms with van der Waals surface area (Å²) in [5.41, 5.74) is 0. The highest BCUT2D eigenvalue weighted by molar-refractivity contribution is 9.10. The Balaban J connectivity index is 2.21. The maximum absolute atomic E-state index is 5.61. The Kier molecular flexibility index (Phi) is 6.12. The molecule has 0 spiro atoms. The monoisotopic (exact) mass is 274 g/mol. The van der Waals surface area contributed by atoms with Crippen molar-refractivity contribution >= 4 is 28.6 Å². The molecule has 0 unspecified atom stereocenters. The Morgan fingerprint density at radius 1 is 1.14 bits per heavy atom. The van der Waals surface area contributed by atoms with Gasteiger partial charge >= 0.3 is 0 Å². The Morgan fingerprint density at radius 2 is 1.93 bits per heavy atom. The zero-order valence-corrected chi connectivity index (χ0v) is 10.6. The van der Waals surface area contributed by atoms with Gasteiger partial charge in [-0.3, -0.25) is 0 Å². The molecule has 0 amide bonds. The minimum atomic E-state index is 0.788. The summed E-state index contributed by atoms with van der Waals surface area (Å²) in [5.74, 6) is 1.90. The van der Waals surface area contributed by atoms with Crippen LogP contribution >= 0.6 is 28.6 Å². The van der Waals surface area contributed by atoms with Crippen molar-refractivity contribution in [1.82, 2.24) is 0 Å². The lowest BCUT2D eigenvalue weighted by molar-refractivity contribution is 0.304. The van der Waals surface area contributed by atoms with Crippen molar-refractivity contribution in [1.29, 1.82) is 0 Å². The summed E-state index contributed by atoms with van der Waals surface area (Å²) in [6.07, 6.45) is 3.46. The standard InChI is InChI=1S/C11H15BrOS/c12-10-6-2-3-7-11(10)13-8-4-1-5-9-14/h2-3,6-7,14H,1,4-5,8-9H2. The van der Waals surface area contributed by atoms with Gasteiger partial charge < -0.3 is 4.74 Å². The minimum Gasteiger partial charge on any atom is -0.492 e. The van der Waals surface area contributed by atoms with E-state index in [4.69, 9.17) is 4.74 Å². The van der Waals surface area contributed by atoms with Crippen LogP contribution in [0.25, 0.3) is 0 Å². The molecule has 1 nitrogen and oxygen atoms in total. The van der Waals surface area contributed by atoms with E-state index in [0.717, 1.165) is 29.0 Å². The third-order valence-corrected chi connectivity index (χ3v) is 2.87. The lowest BCUT2D eigenvalue weighted by Crippen LogP contribution is -1.97. The number of hydrogen-bond acceptors (Lipinski definition) is 2. The van der Waals surface area contributed by atoms with Gasteiger partial charge in [0.1, 0.15) is 5.75 Å². The zero-order valence-electron chi connectivity index (χ0n) is 8.08. The van der Waals surface area contributed by atoms with E-state index in [1.54, 1.807) is 0 Å². The SMILES string of the molecule is SCCCCCOc1ccccc1Br. The number of unbranched alkanes of at least 4 members (excludes halogenated alkanes) is 2. The van der Waals surface area contributed by atoms with Crippen molar-refractivity contribution in [3.8, 4) is 5.75 Å². The fourth-order valence-electron chi connectivity index (χ4n) is 1.13. The van der Waals surface area contributed by atoms with Gasteiger partial charge in [0.2, 0.25) is 0 Å². The maximum Gasteiger partial charge on any atom is 0.133 e. The molecule has 0 atom stereocenters. The topological polar surface area (TPSA) is 9.23 Å².